The maximum absolute atomic E-state index is 11.3. The Morgan fingerprint density at radius 1 is 1.00 bits per heavy atom. The summed E-state index contributed by atoms with van der Waals surface area (Å²) in [4.78, 5) is 22.7. The summed E-state index contributed by atoms with van der Waals surface area (Å²) in [6.45, 7) is 3.95. The molecule has 1 aliphatic rings. The fourth-order valence-corrected chi connectivity index (χ4v) is 1.43. The minimum atomic E-state index is -0.0855. The Hall–Kier alpha value is -1.58. The van der Waals surface area contributed by atoms with Crippen molar-refractivity contribution in [2.75, 3.05) is 0 Å². The highest BCUT2D eigenvalue weighted by Crippen LogP contribution is 2.20. The summed E-state index contributed by atoms with van der Waals surface area (Å²) in [5.41, 5.74) is 0. The zero-order valence-electron chi connectivity index (χ0n) is 10.4. The van der Waals surface area contributed by atoms with Crippen molar-refractivity contribution in [2.24, 2.45) is 0 Å². The number of hydrogen-bond donors (Lipinski definition) is 2. The van der Waals surface area contributed by atoms with E-state index >= 15 is 0 Å². The lowest BCUT2D eigenvalue weighted by atomic mass is 10.4. The van der Waals surface area contributed by atoms with E-state index in [0.717, 1.165) is 19.3 Å². The third-order valence-corrected chi connectivity index (χ3v) is 2.46. The van der Waals surface area contributed by atoms with E-state index < -0.39 is 0 Å². The van der Waals surface area contributed by atoms with E-state index in [1.807, 2.05) is 26.0 Å². The Morgan fingerprint density at radius 2 is 1.41 bits per heavy atom. The van der Waals surface area contributed by atoms with Gasteiger partial charge in [0.2, 0.25) is 11.8 Å². The summed E-state index contributed by atoms with van der Waals surface area (Å²) in [6.07, 6.45) is 9.21. The van der Waals surface area contributed by atoms with Crippen LogP contribution in [0.15, 0.2) is 24.3 Å². The minimum Gasteiger partial charge on any atom is -0.348 e. The molecule has 1 saturated carbocycles. The van der Waals surface area contributed by atoms with Crippen LogP contribution in [0.5, 0.6) is 0 Å². The number of hydrogen-bond acceptors (Lipinski definition) is 2. The number of carbonyl (C=O) groups excluding carboxylic acids is 2. The van der Waals surface area contributed by atoms with Crippen LogP contribution in [-0.2, 0) is 9.59 Å². The number of rotatable bonds is 6. The third-order valence-electron chi connectivity index (χ3n) is 2.46. The zero-order valence-corrected chi connectivity index (χ0v) is 10.4. The van der Waals surface area contributed by atoms with Gasteiger partial charge in [-0.3, -0.25) is 9.59 Å². The molecule has 4 nitrogen and oxygen atoms in total. The quantitative estimate of drug-likeness (QED) is 0.683. The Balaban J connectivity index is 2.21. The van der Waals surface area contributed by atoms with Crippen LogP contribution in [0.2, 0.25) is 0 Å². The smallest absolute Gasteiger partial charge is 0.243 e. The van der Waals surface area contributed by atoms with Crippen LogP contribution in [-0.4, -0.2) is 23.9 Å². The maximum atomic E-state index is 11.3. The zero-order chi connectivity index (χ0) is 12.7. The summed E-state index contributed by atoms with van der Waals surface area (Å²) in [5, 5.41) is 5.67. The molecule has 0 spiro atoms. The van der Waals surface area contributed by atoms with Gasteiger partial charge in [0.25, 0.3) is 0 Å². The standard InChI is InChI=1S/C13H20N2O2/c1-3-5-7-12(16)14-10-9-11(10)15-13(17)8-6-4-2/h5-8,10-11H,3-4,9H2,1-2H3,(H,14,16)(H,15,17)/b7-5+,8-6+/t10-,11+. The van der Waals surface area contributed by atoms with Crippen molar-refractivity contribution < 1.29 is 9.59 Å². The lowest BCUT2D eigenvalue weighted by molar-refractivity contribution is -0.118. The summed E-state index contributed by atoms with van der Waals surface area (Å²) >= 11 is 0. The molecule has 4 heteroatoms. The van der Waals surface area contributed by atoms with Crippen molar-refractivity contribution >= 4 is 11.8 Å². The lowest BCUT2D eigenvalue weighted by Crippen LogP contribution is -2.33. The average Bonchev–Trinajstić information content (AvgIpc) is 3.01. The topological polar surface area (TPSA) is 58.2 Å². The van der Waals surface area contributed by atoms with Crippen LogP contribution < -0.4 is 10.6 Å². The van der Waals surface area contributed by atoms with E-state index in [1.54, 1.807) is 0 Å². The normalized spacial score (nSPS) is 22.9. The van der Waals surface area contributed by atoms with Crippen LogP contribution in [0.1, 0.15) is 33.1 Å². The van der Waals surface area contributed by atoms with Gasteiger partial charge in [0.15, 0.2) is 0 Å². The predicted octanol–water partition coefficient (Wildman–Crippen LogP) is 1.29. The van der Waals surface area contributed by atoms with Crippen molar-refractivity contribution in [2.45, 2.75) is 45.2 Å². The van der Waals surface area contributed by atoms with Gasteiger partial charge < -0.3 is 10.6 Å². The minimum absolute atomic E-state index is 0.0855. The van der Waals surface area contributed by atoms with E-state index in [1.165, 1.54) is 12.2 Å². The summed E-state index contributed by atoms with van der Waals surface area (Å²) < 4.78 is 0. The van der Waals surface area contributed by atoms with Crippen LogP contribution in [0.4, 0.5) is 0 Å². The molecule has 1 rings (SSSR count). The van der Waals surface area contributed by atoms with Gasteiger partial charge in [0.05, 0.1) is 12.1 Å². The van der Waals surface area contributed by atoms with E-state index in [0.29, 0.717) is 0 Å². The van der Waals surface area contributed by atoms with Gasteiger partial charge in [0.1, 0.15) is 0 Å². The van der Waals surface area contributed by atoms with Crippen molar-refractivity contribution in [1.29, 1.82) is 0 Å². The van der Waals surface area contributed by atoms with Crippen LogP contribution in [0.25, 0.3) is 0 Å². The molecule has 17 heavy (non-hydrogen) atoms. The van der Waals surface area contributed by atoms with Crippen LogP contribution in [0.3, 0.4) is 0 Å². The molecule has 0 aromatic carbocycles. The highest BCUT2D eigenvalue weighted by atomic mass is 16.2. The Morgan fingerprint density at radius 3 is 1.76 bits per heavy atom. The van der Waals surface area contributed by atoms with Gasteiger partial charge >= 0.3 is 0 Å². The second-order valence-corrected chi connectivity index (χ2v) is 4.09. The first-order chi connectivity index (χ1) is 8.17. The fourth-order valence-electron chi connectivity index (χ4n) is 1.43. The van der Waals surface area contributed by atoms with Crippen LogP contribution >= 0.6 is 0 Å². The summed E-state index contributed by atoms with van der Waals surface area (Å²) in [7, 11) is 0. The molecule has 2 N–H and O–H groups in total. The second-order valence-electron chi connectivity index (χ2n) is 4.09. The highest BCUT2D eigenvalue weighted by molar-refractivity contribution is 5.89. The van der Waals surface area contributed by atoms with Crippen molar-refractivity contribution in [3.05, 3.63) is 24.3 Å². The van der Waals surface area contributed by atoms with Gasteiger partial charge in [-0.25, -0.2) is 0 Å². The molecule has 1 fully saturated rings. The van der Waals surface area contributed by atoms with Gasteiger partial charge in [-0.05, 0) is 31.4 Å². The van der Waals surface area contributed by atoms with Crippen LogP contribution in [0, 0.1) is 0 Å². The summed E-state index contributed by atoms with van der Waals surface area (Å²) in [5.74, 6) is -0.171. The number of allylic oxidation sites excluding steroid dienone is 2. The van der Waals surface area contributed by atoms with Gasteiger partial charge in [-0.15, -0.1) is 0 Å². The van der Waals surface area contributed by atoms with Crippen molar-refractivity contribution in [3.8, 4) is 0 Å². The molecule has 0 aromatic heterocycles. The molecule has 0 aliphatic heterocycles. The summed E-state index contributed by atoms with van der Waals surface area (Å²) in [6, 6.07) is 0.172. The fraction of sp³-hybridized carbons (Fsp3) is 0.538. The second kappa shape index (κ2) is 6.89. The Bertz CT molecular complexity index is 302. The molecule has 0 saturated heterocycles. The first kappa shape index (κ1) is 13.5. The molecule has 0 aromatic rings. The van der Waals surface area contributed by atoms with Crippen molar-refractivity contribution in [3.63, 3.8) is 0 Å². The van der Waals surface area contributed by atoms with Gasteiger partial charge in [-0.1, -0.05) is 26.0 Å². The van der Waals surface area contributed by atoms with E-state index in [9.17, 15) is 9.59 Å². The van der Waals surface area contributed by atoms with Gasteiger partial charge in [0, 0.05) is 0 Å². The lowest BCUT2D eigenvalue weighted by Gasteiger charge is -2.02. The molecule has 2 atom stereocenters. The van der Waals surface area contributed by atoms with E-state index in [-0.39, 0.29) is 23.9 Å². The maximum Gasteiger partial charge on any atom is 0.243 e. The molecular formula is C13H20N2O2. The first-order valence-corrected chi connectivity index (χ1v) is 6.11. The Labute approximate surface area is 102 Å². The van der Waals surface area contributed by atoms with E-state index in [2.05, 4.69) is 10.6 Å². The molecule has 0 unspecified atom stereocenters. The molecule has 0 radical (unpaired) electrons. The molecule has 94 valence electrons. The SMILES string of the molecule is CC/C=C/C(=O)N[C@H]1C[C@H]1NC(=O)/C=C/CC. The predicted molar refractivity (Wildman–Crippen MR) is 67.3 cm³/mol. The third kappa shape index (κ3) is 5.33. The molecular weight excluding hydrogens is 216 g/mol. The van der Waals surface area contributed by atoms with Gasteiger partial charge in [-0.2, -0.15) is 0 Å². The average molecular weight is 236 g/mol. The molecule has 0 heterocycles. The Kier molecular flexibility index (Phi) is 5.46. The monoisotopic (exact) mass is 236 g/mol. The highest BCUT2D eigenvalue weighted by Gasteiger charge is 2.38. The largest absolute Gasteiger partial charge is 0.348 e. The molecule has 0 bridgehead atoms. The van der Waals surface area contributed by atoms with E-state index in [4.69, 9.17) is 0 Å². The number of amides is 2. The first-order valence-electron chi connectivity index (χ1n) is 6.11. The molecule has 1 aliphatic carbocycles. The molecule has 2 amide bonds. The number of carbonyl (C=O) groups is 2. The van der Waals surface area contributed by atoms with Crippen molar-refractivity contribution in [1.82, 2.24) is 10.6 Å². The number of nitrogens with one attached hydrogen (secondary N) is 2.